The van der Waals surface area contributed by atoms with Crippen molar-refractivity contribution in [3.05, 3.63) is 64.8 Å². The molecule has 136 valence electrons. The minimum atomic E-state index is -0.852. The van der Waals surface area contributed by atoms with Gasteiger partial charge in [-0.1, -0.05) is 24.3 Å². The van der Waals surface area contributed by atoms with Crippen molar-refractivity contribution in [2.75, 3.05) is 36.4 Å². The van der Waals surface area contributed by atoms with Crippen LogP contribution < -0.4 is 10.2 Å². The maximum absolute atomic E-state index is 12.1. The Morgan fingerprint density at radius 2 is 1.96 bits per heavy atom. The molecular formula is C18H21N5O3. The Balaban J connectivity index is 1.56. The van der Waals surface area contributed by atoms with Gasteiger partial charge in [0, 0.05) is 42.9 Å². The molecule has 26 heavy (non-hydrogen) atoms. The van der Waals surface area contributed by atoms with Crippen LogP contribution in [0.3, 0.4) is 0 Å². The second kappa shape index (κ2) is 8.39. The molecule has 1 aromatic carbocycles. The van der Waals surface area contributed by atoms with Crippen LogP contribution in [-0.4, -0.2) is 53.1 Å². The number of para-hydroxylation sites is 1. The number of benzene rings is 1. The average Bonchev–Trinajstić information content (AvgIpc) is 2.67. The predicted molar refractivity (Wildman–Crippen MR) is 98.5 cm³/mol. The van der Waals surface area contributed by atoms with Gasteiger partial charge in [-0.25, -0.2) is 9.88 Å². The summed E-state index contributed by atoms with van der Waals surface area (Å²) < 4.78 is 0. The van der Waals surface area contributed by atoms with Crippen LogP contribution in [0.4, 0.5) is 11.5 Å². The lowest BCUT2D eigenvalue weighted by atomic mass is 10.2. The van der Waals surface area contributed by atoms with Crippen LogP contribution >= 0.6 is 0 Å². The van der Waals surface area contributed by atoms with Gasteiger partial charge in [0.25, 0.3) is 6.17 Å². The monoisotopic (exact) mass is 355 g/mol. The first-order chi connectivity index (χ1) is 12.6. The number of amides is 1. The molecule has 8 nitrogen and oxygen atoms in total. The second-order valence-electron chi connectivity index (χ2n) is 6.10. The van der Waals surface area contributed by atoms with Gasteiger partial charge >= 0.3 is 0 Å². The molecule has 3 rings (SSSR count). The zero-order valence-electron chi connectivity index (χ0n) is 14.3. The lowest BCUT2D eigenvalue weighted by Crippen LogP contribution is -2.57. The van der Waals surface area contributed by atoms with Gasteiger partial charge in [-0.3, -0.25) is 14.9 Å². The number of carbonyl (C=O) groups excluding carboxylic acids is 1. The number of piperazine rings is 1. The molecule has 2 heterocycles. The lowest BCUT2D eigenvalue weighted by molar-refractivity contribution is -0.549. The van der Waals surface area contributed by atoms with Crippen molar-refractivity contribution in [3.63, 3.8) is 0 Å². The van der Waals surface area contributed by atoms with E-state index in [4.69, 9.17) is 0 Å². The highest BCUT2D eigenvalue weighted by Gasteiger charge is 2.35. The molecule has 8 heteroatoms. The number of nitro groups is 1. The average molecular weight is 355 g/mol. The summed E-state index contributed by atoms with van der Waals surface area (Å²) in [4.78, 5) is 31.2. The first-order valence-corrected chi connectivity index (χ1v) is 8.52. The molecule has 1 aliphatic rings. The van der Waals surface area contributed by atoms with Gasteiger partial charge in [0.15, 0.2) is 0 Å². The van der Waals surface area contributed by atoms with Gasteiger partial charge in [-0.2, -0.15) is 0 Å². The smallest absolute Gasteiger partial charge is 0.285 e. The lowest BCUT2D eigenvalue weighted by Gasteiger charge is -2.36. The molecule has 1 saturated heterocycles. The highest BCUT2D eigenvalue weighted by atomic mass is 16.6. The third-order valence-corrected chi connectivity index (χ3v) is 4.36. The van der Waals surface area contributed by atoms with E-state index in [-0.39, 0.29) is 23.8 Å². The van der Waals surface area contributed by atoms with Gasteiger partial charge < -0.3 is 10.2 Å². The van der Waals surface area contributed by atoms with Gasteiger partial charge in [0.2, 0.25) is 5.91 Å². The van der Waals surface area contributed by atoms with Gasteiger partial charge in [0.05, 0.1) is 0 Å². The summed E-state index contributed by atoms with van der Waals surface area (Å²) >= 11 is 0. The summed E-state index contributed by atoms with van der Waals surface area (Å²) in [6, 6.07) is 14.7. The summed E-state index contributed by atoms with van der Waals surface area (Å²) in [6.45, 7) is 1.76. The van der Waals surface area contributed by atoms with E-state index in [1.807, 2.05) is 53.4 Å². The fourth-order valence-corrected chi connectivity index (χ4v) is 3.00. The van der Waals surface area contributed by atoms with Crippen molar-refractivity contribution in [1.82, 2.24) is 9.88 Å². The number of rotatable bonds is 6. The van der Waals surface area contributed by atoms with Gasteiger partial charge in [-0.15, -0.1) is 0 Å². The molecule has 0 spiro atoms. The third-order valence-electron chi connectivity index (χ3n) is 4.36. The fourth-order valence-electron chi connectivity index (χ4n) is 3.00. The van der Waals surface area contributed by atoms with Gasteiger partial charge in [-0.05, 0) is 24.3 Å². The van der Waals surface area contributed by atoms with Crippen molar-refractivity contribution in [1.29, 1.82) is 0 Å². The molecule has 1 aliphatic heterocycles. The summed E-state index contributed by atoms with van der Waals surface area (Å²) in [5, 5.41) is 14.3. The highest BCUT2D eigenvalue weighted by Crippen LogP contribution is 2.17. The van der Waals surface area contributed by atoms with E-state index in [1.54, 1.807) is 11.1 Å². The molecule has 1 aromatic heterocycles. The van der Waals surface area contributed by atoms with Crippen LogP contribution in [0.2, 0.25) is 0 Å². The molecule has 1 atom stereocenters. The van der Waals surface area contributed by atoms with E-state index in [9.17, 15) is 14.9 Å². The molecule has 1 N–H and O–H groups in total. The van der Waals surface area contributed by atoms with Crippen molar-refractivity contribution in [2.24, 2.45) is 0 Å². The number of nitrogens with one attached hydrogen (secondary N) is 1. The minimum absolute atomic E-state index is 0.148. The SMILES string of the molecule is O=C(CCN1CCN(c2ccccn2)CC1[N+](=O)[O-])Nc1ccccc1. The number of nitrogens with zero attached hydrogens (tertiary/aromatic N) is 4. The maximum Gasteiger partial charge on any atom is 0.285 e. The van der Waals surface area contributed by atoms with E-state index in [0.29, 0.717) is 19.6 Å². The second-order valence-corrected chi connectivity index (χ2v) is 6.10. The van der Waals surface area contributed by atoms with E-state index in [1.165, 1.54) is 0 Å². The van der Waals surface area contributed by atoms with Crippen LogP contribution in [0.5, 0.6) is 0 Å². The number of pyridine rings is 1. The van der Waals surface area contributed by atoms with E-state index >= 15 is 0 Å². The summed E-state index contributed by atoms with van der Waals surface area (Å²) in [5.41, 5.74) is 0.725. The predicted octanol–water partition coefficient (Wildman–Crippen LogP) is 1.84. The molecule has 0 radical (unpaired) electrons. The van der Waals surface area contributed by atoms with Crippen LogP contribution in [-0.2, 0) is 4.79 Å². The number of hydrogen-bond acceptors (Lipinski definition) is 6. The molecule has 0 aliphatic carbocycles. The van der Waals surface area contributed by atoms with E-state index in [2.05, 4.69) is 10.3 Å². The van der Waals surface area contributed by atoms with Gasteiger partial charge in [0.1, 0.15) is 12.4 Å². The Bertz CT molecular complexity index is 741. The Morgan fingerprint density at radius 3 is 2.65 bits per heavy atom. The fraction of sp³-hybridized carbons (Fsp3) is 0.333. The topological polar surface area (TPSA) is 91.6 Å². The normalized spacial score (nSPS) is 17.7. The maximum atomic E-state index is 12.1. The van der Waals surface area contributed by atoms with Crippen LogP contribution in [0.1, 0.15) is 6.42 Å². The molecule has 1 amide bonds. The van der Waals surface area contributed by atoms with Crippen LogP contribution in [0.15, 0.2) is 54.7 Å². The Labute approximate surface area is 151 Å². The zero-order chi connectivity index (χ0) is 18.4. The van der Waals surface area contributed by atoms with Crippen LogP contribution in [0.25, 0.3) is 0 Å². The molecule has 2 aromatic rings. The largest absolute Gasteiger partial charge is 0.347 e. The summed E-state index contributed by atoms with van der Waals surface area (Å²) in [5.74, 6) is 0.589. The Kier molecular flexibility index (Phi) is 5.75. The molecule has 1 unspecified atom stereocenters. The van der Waals surface area contributed by atoms with E-state index < -0.39 is 6.17 Å². The number of aromatic nitrogens is 1. The number of hydrogen-bond donors (Lipinski definition) is 1. The number of anilines is 2. The van der Waals surface area contributed by atoms with E-state index in [0.717, 1.165) is 11.5 Å². The van der Waals surface area contributed by atoms with Crippen molar-refractivity contribution >= 4 is 17.4 Å². The van der Waals surface area contributed by atoms with Crippen molar-refractivity contribution in [2.45, 2.75) is 12.6 Å². The Hall–Kier alpha value is -3.00. The van der Waals surface area contributed by atoms with Crippen LogP contribution in [0, 0.1) is 10.1 Å². The molecular weight excluding hydrogens is 334 g/mol. The zero-order valence-corrected chi connectivity index (χ0v) is 14.3. The number of carbonyl (C=O) groups is 1. The quantitative estimate of drug-likeness (QED) is 0.628. The first-order valence-electron chi connectivity index (χ1n) is 8.52. The minimum Gasteiger partial charge on any atom is -0.347 e. The molecule has 0 saturated carbocycles. The molecule has 0 bridgehead atoms. The van der Waals surface area contributed by atoms with Crippen molar-refractivity contribution in [3.8, 4) is 0 Å². The molecule has 1 fully saturated rings. The Morgan fingerprint density at radius 1 is 1.19 bits per heavy atom. The summed E-state index contributed by atoms with van der Waals surface area (Å²) in [7, 11) is 0. The standard InChI is InChI=1S/C18H21N5O3/c24-17(20-15-6-2-1-3-7-15)9-11-21-12-13-22(14-18(21)23(25)26)16-8-4-5-10-19-16/h1-8,10,18H,9,11-14H2,(H,20,24). The van der Waals surface area contributed by atoms with Crippen molar-refractivity contribution < 1.29 is 9.72 Å². The first kappa shape index (κ1) is 17.8. The third kappa shape index (κ3) is 4.54. The summed E-state index contributed by atoms with van der Waals surface area (Å²) in [6.07, 6.45) is 1.04. The highest BCUT2D eigenvalue weighted by molar-refractivity contribution is 5.90.